The van der Waals surface area contributed by atoms with Crippen LogP contribution in [0.2, 0.25) is 0 Å². The third-order valence-corrected chi connectivity index (χ3v) is 18.4. The van der Waals surface area contributed by atoms with E-state index in [0.717, 1.165) is 76.2 Å². The summed E-state index contributed by atoms with van der Waals surface area (Å²) in [7, 11) is 0. The fourth-order valence-electron chi connectivity index (χ4n) is 14.7. The zero-order valence-corrected chi connectivity index (χ0v) is 37.2. The number of aliphatic carboxylic acids is 1. The summed E-state index contributed by atoms with van der Waals surface area (Å²) in [5, 5.41) is 22.3. The van der Waals surface area contributed by atoms with E-state index in [9.17, 15) is 34.2 Å². The van der Waals surface area contributed by atoms with Gasteiger partial charge in [-0.2, -0.15) is 0 Å². The molecule has 5 saturated carbocycles. The highest BCUT2D eigenvalue weighted by molar-refractivity contribution is 6.01. The molecule has 0 spiro atoms. The number of likely N-dealkylation sites (tertiary alicyclic amines) is 1. The minimum Gasteiger partial charge on any atom is -0.481 e. The predicted molar refractivity (Wildman–Crippen MR) is 221 cm³/mol. The summed E-state index contributed by atoms with van der Waals surface area (Å²) < 4.78 is 6.18. The van der Waals surface area contributed by atoms with Crippen molar-refractivity contribution in [2.24, 2.45) is 62.1 Å². The Bertz CT molecular complexity index is 1730. The Morgan fingerprint density at radius 1 is 0.897 bits per heavy atom. The van der Waals surface area contributed by atoms with E-state index in [1.807, 2.05) is 4.90 Å². The van der Waals surface area contributed by atoms with Gasteiger partial charge in [-0.25, -0.2) is 0 Å². The molecular weight excluding hydrogens is 733 g/mol. The van der Waals surface area contributed by atoms with Crippen LogP contribution in [0.3, 0.4) is 0 Å². The van der Waals surface area contributed by atoms with E-state index in [4.69, 9.17) is 4.74 Å². The van der Waals surface area contributed by atoms with Crippen LogP contribution in [0.25, 0.3) is 0 Å². The maximum Gasteiger partial charge on any atom is 0.309 e. The Morgan fingerprint density at radius 3 is 2.21 bits per heavy atom. The van der Waals surface area contributed by atoms with Crippen LogP contribution in [0.1, 0.15) is 159 Å². The number of esters is 1. The summed E-state index contributed by atoms with van der Waals surface area (Å²) in [4.78, 5) is 69.3. The minimum absolute atomic E-state index is 0.0153. The van der Waals surface area contributed by atoms with Gasteiger partial charge in [-0.3, -0.25) is 24.0 Å². The van der Waals surface area contributed by atoms with E-state index >= 15 is 0 Å². The van der Waals surface area contributed by atoms with E-state index in [0.29, 0.717) is 50.1 Å². The van der Waals surface area contributed by atoms with Crippen molar-refractivity contribution in [2.75, 3.05) is 26.2 Å². The van der Waals surface area contributed by atoms with Crippen LogP contribution in [0.5, 0.6) is 0 Å². The number of aliphatic hydroxyl groups is 1. The fraction of sp³-hybridized carbons (Fsp3) is 0.854. The first-order chi connectivity index (χ1) is 27.0. The van der Waals surface area contributed by atoms with Crippen molar-refractivity contribution in [3.63, 3.8) is 0 Å². The predicted octanol–water partition coefficient (Wildman–Crippen LogP) is 7.99. The summed E-state index contributed by atoms with van der Waals surface area (Å²) >= 11 is 0. The number of nitrogens with zero attached hydrogens (tertiary/aromatic N) is 2. The number of fused-ring (bicyclic) bond motifs is 7. The number of carboxylic acid groups (broad SMARTS) is 1. The molecule has 0 radical (unpaired) electrons. The molecule has 0 bridgehead atoms. The lowest BCUT2D eigenvalue weighted by Crippen LogP contribution is -2.66. The maximum atomic E-state index is 14.3. The zero-order chi connectivity index (χ0) is 42.4. The molecule has 1 unspecified atom stereocenters. The van der Waals surface area contributed by atoms with Crippen molar-refractivity contribution in [1.82, 2.24) is 9.80 Å². The molecule has 0 aromatic rings. The third kappa shape index (κ3) is 6.80. The minimum atomic E-state index is -1.19. The first-order valence-corrected chi connectivity index (χ1v) is 23.0. The fourth-order valence-corrected chi connectivity index (χ4v) is 14.7. The van der Waals surface area contributed by atoms with Crippen LogP contribution in [0.15, 0.2) is 11.1 Å². The number of hydrogen-bond donors (Lipinski definition) is 2. The largest absolute Gasteiger partial charge is 0.481 e. The van der Waals surface area contributed by atoms with Crippen molar-refractivity contribution in [3.8, 4) is 0 Å². The summed E-state index contributed by atoms with van der Waals surface area (Å²) in [5.41, 5.74) is -0.142. The van der Waals surface area contributed by atoms with E-state index < -0.39 is 28.9 Å². The van der Waals surface area contributed by atoms with Crippen molar-refractivity contribution < 1.29 is 38.9 Å². The summed E-state index contributed by atoms with van der Waals surface area (Å²) in [6.45, 7) is 20.9. The van der Waals surface area contributed by atoms with E-state index in [-0.39, 0.29) is 76.7 Å². The van der Waals surface area contributed by atoms with Gasteiger partial charge in [0.25, 0.3) is 0 Å². The lowest BCUT2D eigenvalue weighted by Gasteiger charge is -2.72. The molecule has 10 heteroatoms. The molecule has 58 heavy (non-hydrogen) atoms. The number of Topliss-reactive ketones (excluding diaryl/α,β-unsaturated/α-hetero) is 1. The highest BCUT2D eigenvalue weighted by Gasteiger charge is 2.71. The summed E-state index contributed by atoms with van der Waals surface area (Å²) in [5.74, 6) is 0.0205. The molecule has 10 nitrogen and oxygen atoms in total. The van der Waals surface area contributed by atoms with Crippen LogP contribution >= 0.6 is 0 Å². The van der Waals surface area contributed by atoms with Crippen LogP contribution in [0.4, 0.5) is 0 Å². The number of aliphatic hydroxyl groups excluding tert-OH is 1. The van der Waals surface area contributed by atoms with Crippen molar-refractivity contribution >= 4 is 29.5 Å². The molecule has 2 amide bonds. The lowest BCUT2D eigenvalue weighted by molar-refractivity contribution is -0.235. The monoisotopic (exact) mass is 807 g/mol. The Morgan fingerprint density at radius 2 is 1.60 bits per heavy atom. The Kier molecular flexibility index (Phi) is 11.2. The molecule has 1 saturated heterocycles. The second-order valence-corrected chi connectivity index (χ2v) is 22.6. The molecule has 2 N–H and O–H groups in total. The molecule has 6 aliphatic carbocycles. The number of carbonyl (C=O) groups is 5. The molecule has 9 atom stereocenters. The van der Waals surface area contributed by atoms with Crippen molar-refractivity contribution in [1.29, 1.82) is 0 Å². The highest BCUT2D eigenvalue weighted by atomic mass is 16.5. The third-order valence-electron chi connectivity index (χ3n) is 18.4. The van der Waals surface area contributed by atoms with Gasteiger partial charge < -0.3 is 24.7 Å². The smallest absolute Gasteiger partial charge is 0.309 e. The zero-order valence-electron chi connectivity index (χ0n) is 37.2. The van der Waals surface area contributed by atoms with E-state index in [1.165, 1.54) is 5.57 Å². The number of carbonyl (C=O) groups excluding carboxylic acids is 4. The molecule has 324 valence electrons. The molecule has 1 heterocycles. The molecule has 6 fully saturated rings. The average molecular weight is 807 g/mol. The van der Waals surface area contributed by atoms with Crippen molar-refractivity contribution in [3.05, 3.63) is 11.1 Å². The number of hydrogen-bond acceptors (Lipinski definition) is 7. The van der Waals surface area contributed by atoms with E-state index in [1.54, 1.807) is 18.7 Å². The lowest BCUT2D eigenvalue weighted by atomic mass is 9.33. The van der Waals surface area contributed by atoms with Crippen LogP contribution in [0, 0.1) is 62.1 Å². The average Bonchev–Trinajstić information content (AvgIpc) is 3.66. The topological polar surface area (TPSA) is 142 Å². The summed E-state index contributed by atoms with van der Waals surface area (Å²) in [6.07, 6.45) is 10.9. The van der Waals surface area contributed by atoms with Gasteiger partial charge in [0.15, 0.2) is 5.78 Å². The molecule has 7 aliphatic rings. The van der Waals surface area contributed by atoms with Gasteiger partial charge in [0.1, 0.15) is 6.10 Å². The maximum absolute atomic E-state index is 14.3. The molecule has 0 aromatic heterocycles. The van der Waals surface area contributed by atoms with Crippen LogP contribution in [-0.2, 0) is 28.7 Å². The van der Waals surface area contributed by atoms with Gasteiger partial charge in [-0.05, 0) is 136 Å². The number of ketones is 1. The van der Waals surface area contributed by atoms with Gasteiger partial charge in [0.05, 0.1) is 24.5 Å². The van der Waals surface area contributed by atoms with Crippen LogP contribution < -0.4 is 0 Å². The van der Waals surface area contributed by atoms with Gasteiger partial charge >= 0.3 is 11.9 Å². The Balaban J connectivity index is 1.15. The van der Waals surface area contributed by atoms with Gasteiger partial charge in [0, 0.05) is 43.3 Å². The number of allylic oxidation sites excluding steroid dienone is 1. The van der Waals surface area contributed by atoms with Crippen LogP contribution in [-0.4, -0.2) is 87.9 Å². The first kappa shape index (κ1) is 43.3. The highest BCUT2D eigenvalue weighted by Crippen LogP contribution is 2.77. The first-order valence-electron chi connectivity index (χ1n) is 23.0. The molecular formula is C48H74N2O8. The normalized spacial score (nSPS) is 37.7. The molecule has 7 rings (SSSR count). The number of amides is 2. The molecule has 1 aliphatic heterocycles. The quantitative estimate of drug-likeness (QED) is 0.189. The van der Waals surface area contributed by atoms with Gasteiger partial charge in [-0.15, -0.1) is 0 Å². The van der Waals surface area contributed by atoms with E-state index in [2.05, 4.69) is 48.5 Å². The number of ether oxygens (including phenoxy) is 1. The van der Waals surface area contributed by atoms with Gasteiger partial charge in [-0.1, -0.05) is 60.5 Å². The summed E-state index contributed by atoms with van der Waals surface area (Å²) in [6, 6.07) is 0. The SMILES string of the molecule is CC(C)C1=C2[C@H]3CC[C@@H]4[C@@]5(C)CCC(OC(=O)CC(C)(C)C(=O)O)C(C)(C)[C@@H]5CC[C@@]4(C)[C@]3(C)CC[C@@]2([C@@H](O)CN(CC2CCC2)C(=O)CN2CCCC2=O)CC1=O. The van der Waals surface area contributed by atoms with Gasteiger partial charge in [0.2, 0.25) is 11.8 Å². The number of carboxylic acids is 1. The Labute approximate surface area is 347 Å². The second kappa shape index (κ2) is 15.0. The Hall–Kier alpha value is -2.75. The standard InChI is InChI=1S/C48H74N2O8/c1-29(2)40-32(51)24-48(35(52)27-50(26-30-12-10-13-30)38(54)28-49-23-11-14-37(49)53)22-21-46(8)31(41(40)48)15-16-34-45(7)19-18-36(58-39(55)25-43(3,4)42(56)57)44(5,6)33(45)17-20-47(34,46)9/h29-31,33-36,52H,10-28H2,1-9H3,(H,56,57)/t31-,33+,34-,35+,36?,45+,46-,47-,48+/m1/s1. The molecule has 0 aromatic carbocycles. The van der Waals surface area contributed by atoms with Crippen molar-refractivity contribution in [2.45, 2.75) is 171 Å². The number of rotatable bonds is 12. The second-order valence-electron chi connectivity index (χ2n) is 22.6.